The summed E-state index contributed by atoms with van der Waals surface area (Å²) in [6.07, 6.45) is 2.23. The van der Waals surface area contributed by atoms with Crippen molar-refractivity contribution < 1.29 is 14.4 Å². The fourth-order valence-corrected chi connectivity index (χ4v) is 4.43. The lowest BCUT2D eigenvalue weighted by atomic mass is 10.0. The number of benzene rings is 2. The van der Waals surface area contributed by atoms with Gasteiger partial charge in [0.2, 0.25) is 0 Å². The van der Waals surface area contributed by atoms with Crippen LogP contribution in [-0.4, -0.2) is 29.7 Å². The molecule has 1 unspecified atom stereocenters. The Morgan fingerprint density at radius 3 is 2.89 bits per heavy atom. The van der Waals surface area contributed by atoms with Gasteiger partial charge in [-0.05, 0) is 36.4 Å². The van der Waals surface area contributed by atoms with E-state index < -0.39 is 0 Å². The van der Waals surface area contributed by atoms with Crippen LogP contribution in [0.3, 0.4) is 0 Å². The number of hydrogen-bond acceptors (Lipinski definition) is 4. The minimum Gasteiger partial charge on any atom is -0.486 e. The summed E-state index contributed by atoms with van der Waals surface area (Å²) < 4.78 is 11.4. The van der Waals surface area contributed by atoms with Crippen LogP contribution in [0.15, 0.2) is 41.2 Å². The second kappa shape index (κ2) is 7.11. The maximum absolute atomic E-state index is 12.4. The van der Waals surface area contributed by atoms with Gasteiger partial charge in [0.1, 0.15) is 25.8 Å². The Labute approximate surface area is 167 Å². The molecule has 3 heterocycles. The number of likely N-dealkylation sites (tertiary alicyclic amines) is 1. The summed E-state index contributed by atoms with van der Waals surface area (Å²) in [5.41, 5.74) is 1.76. The average Bonchev–Trinajstić information content (AvgIpc) is 3.15. The van der Waals surface area contributed by atoms with E-state index in [-0.39, 0.29) is 5.56 Å². The van der Waals surface area contributed by atoms with E-state index >= 15 is 0 Å². The van der Waals surface area contributed by atoms with Crippen molar-refractivity contribution in [2.45, 2.75) is 25.4 Å². The van der Waals surface area contributed by atoms with Gasteiger partial charge in [0.05, 0.1) is 17.4 Å². The molecule has 3 aromatic rings. The van der Waals surface area contributed by atoms with E-state index in [1.165, 1.54) is 10.5 Å². The van der Waals surface area contributed by atoms with Crippen molar-refractivity contribution in [3.05, 3.63) is 63.2 Å². The Morgan fingerprint density at radius 1 is 1.14 bits per heavy atom. The first-order valence-electron chi connectivity index (χ1n) is 9.60. The van der Waals surface area contributed by atoms with Gasteiger partial charge in [-0.1, -0.05) is 11.6 Å². The fourth-order valence-electron chi connectivity index (χ4n) is 4.26. The lowest BCUT2D eigenvalue weighted by Crippen LogP contribution is -3.09. The quantitative estimate of drug-likeness (QED) is 0.710. The van der Waals surface area contributed by atoms with Crippen molar-refractivity contribution in [2.75, 3.05) is 19.8 Å². The molecule has 0 bridgehead atoms. The molecule has 0 aliphatic carbocycles. The molecule has 2 aliphatic rings. The highest BCUT2D eigenvalue weighted by Crippen LogP contribution is 2.33. The molecule has 7 heteroatoms. The molecule has 2 aromatic carbocycles. The Kier molecular flexibility index (Phi) is 4.45. The number of quaternary nitrogens is 1. The number of nitrogens with zero attached hydrogens (tertiary/aromatic N) is 1. The maximum atomic E-state index is 12.4. The molecular formula is C21H21ClN3O3+. The van der Waals surface area contributed by atoms with E-state index in [2.05, 4.69) is 22.1 Å². The predicted octanol–water partition coefficient (Wildman–Crippen LogP) is 2.27. The first kappa shape index (κ1) is 17.5. The van der Waals surface area contributed by atoms with Crippen molar-refractivity contribution in [1.82, 2.24) is 9.97 Å². The van der Waals surface area contributed by atoms with Gasteiger partial charge in [0.25, 0.3) is 5.56 Å². The molecule has 0 radical (unpaired) electrons. The molecule has 0 spiro atoms. The molecular weight excluding hydrogens is 378 g/mol. The molecule has 1 fully saturated rings. The maximum Gasteiger partial charge on any atom is 0.258 e. The molecule has 1 aromatic heterocycles. The summed E-state index contributed by atoms with van der Waals surface area (Å²) >= 11 is 6.08. The third-order valence-electron chi connectivity index (χ3n) is 5.56. The zero-order valence-corrected chi connectivity index (χ0v) is 16.1. The summed E-state index contributed by atoms with van der Waals surface area (Å²) in [4.78, 5) is 21.4. The highest BCUT2D eigenvalue weighted by atomic mass is 35.5. The molecule has 0 saturated carbocycles. The minimum absolute atomic E-state index is 0.119. The smallest absolute Gasteiger partial charge is 0.258 e. The topological polar surface area (TPSA) is 68.7 Å². The lowest BCUT2D eigenvalue weighted by molar-refractivity contribution is -0.932. The van der Waals surface area contributed by atoms with Gasteiger partial charge in [-0.25, -0.2) is 4.98 Å². The predicted molar refractivity (Wildman–Crippen MR) is 106 cm³/mol. The SMILES string of the molecule is O=c1[nH]c(C[NH+]2CCC[C@H]2c2ccc3c(c2)OCCO3)nc2cc(Cl)ccc12. The summed E-state index contributed by atoms with van der Waals surface area (Å²) in [6, 6.07) is 11.7. The summed E-state index contributed by atoms with van der Waals surface area (Å²) in [7, 11) is 0. The van der Waals surface area contributed by atoms with Crippen LogP contribution in [0.4, 0.5) is 0 Å². The van der Waals surface area contributed by atoms with Crippen LogP contribution < -0.4 is 19.9 Å². The first-order chi connectivity index (χ1) is 13.7. The van der Waals surface area contributed by atoms with E-state index in [0.29, 0.717) is 47.6 Å². The number of nitrogens with one attached hydrogen (secondary N) is 2. The second-order valence-electron chi connectivity index (χ2n) is 7.36. The highest BCUT2D eigenvalue weighted by Gasteiger charge is 2.31. The third kappa shape index (κ3) is 3.23. The summed E-state index contributed by atoms with van der Waals surface area (Å²) in [5.74, 6) is 2.33. The molecule has 2 N–H and O–H groups in total. The van der Waals surface area contributed by atoms with E-state index in [9.17, 15) is 4.79 Å². The second-order valence-corrected chi connectivity index (χ2v) is 7.79. The standard InChI is InChI=1S/C21H20ClN3O3/c22-14-4-5-15-16(11-14)23-20(24-21(15)26)12-25-7-1-2-17(25)13-3-6-18-19(10-13)28-9-8-27-18/h3-6,10-11,17H,1-2,7-9,12H2,(H,23,24,26)/p+1/t17-/m0/s1. The van der Waals surface area contributed by atoms with Crippen molar-refractivity contribution in [3.8, 4) is 11.5 Å². The molecule has 28 heavy (non-hydrogen) atoms. The largest absolute Gasteiger partial charge is 0.486 e. The molecule has 144 valence electrons. The zero-order valence-electron chi connectivity index (χ0n) is 15.3. The molecule has 5 rings (SSSR count). The van der Waals surface area contributed by atoms with Crippen molar-refractivity contribution in [2.24, 2.45) is 0 Å². The van der Waals surface area contributed by atoms with Gasteiger partial charge in [0.15, 0.2) is 17.3 Å². The number of H-pyrrole nitrogens is 1. The number of fused-ring (bicyclic) bond motifs is 2. The van der Waals surface area contributed by atoms with Crippen LogP contribution in [0.2, 0.25) is 5.02 Å². The number of hydrogen-bond donors (Lipinski definition) is 2. The Hall–Kier alpha value is -2.57. The first-order valence-corrected chi connectivity index (χ1v) is 9.98. The van der Waals surface area contributed by atoms with Gasteiger partial charge >= 0.3 is 0 Å². The molecule has 2 aliphatic heterocycles. The minimum atomic E-state index is -0.119. The monoisotopic (exact) mass is 398 g/mol. The lowest BCUT2D eigenvalue weighted by Gasteiger charge is -2.24. The molecule has 0 amide bonds. The highest BCUT2D eigenvalue weighted by molar-refractivity contribution is 6.31. The van der Waals surface area contributed by atoms with Gasteiger partial charge in [0, 0.05) is 23.4 Å². The Morgan fingerprint density at radius 2 is 2.00 bits per heavy atom. The van der Waals surface area contributed by atoms with E-state index in [0.717, 1.165) is 30.9 Å². The zero-order chi connectivity index (χ0) is 19.1. The number of halogens is 1. The average molecular weight is 399 g/mol. The van der Waals surface area contributed by atoms with Gasteiger partial charge in [-0.2, -0.15) is 0 Å². The fraction of sp³-hybridized carbons (Fsp3) is 0.333. The van der Waals surface area contributed by atoms with Crippen LogP contribution in [0, 0.1) is 0 Å². The van der Waals surface area contributed by atoms with Gasteiger partial charge in [-0.3, -0.25) is 4.79 Å². The van der Waals surface area contributed by atoms with Crippen molar-refractivity contribution >= 4 is 22.5 Å². The Balaban J connectivity index is 1.43. The van der Waals surface area contributed by atoms with E-state index in [1.807, 2.05) is 6.07 Å². The van der Waals surface area contributed by atoms with E-state index in [1.54, 1.807) is 18.2 Å². The van der Waals surface area contributed by atoms with Gasteiger partial charge in [-0.15, -0.1) is 0 Å². The Bertz CT molecular complexity index is 1100. The van der Waals surface area contributed by atoms with Crippen molar-refractivity contribution in [3.63, 3.8) is 0 Å². The van der Waals surface area contributed by atoms with E-state index in [4.69, 9.17) is 21.1 Å². The summed E-state index contributed by atoms with van der Waals surface area (Å²) in [6.45, 7) is 2.88. The van der Waals surface area contributed by atoms with Crippen LogP contribution in [0.1, 0.15) is 30.3 Å². The van der Waals surface area contributed by atoms with Crippen LogP contribution >= 0.6 is 11.6 Å². The normalized spacial score (nSPS) is 21.2. The molecule has 2 atom stereocenters. The molecule has 1 saturated heterocycles. The number of aromatic amines is 1. The number of rotatable bonds is 3. The third-order valence-corrected chi connectivity index (χ3v) is 5.80. The van der Waals surface area contributed by atoms with Crippen LogP contribution in [0.25, 0.3) is 10.9 Å². The van der Waals surface area contributed by atoms with Crippen LogP contribution in [-0.2, 0) is 6.54 Å². The number of aromatic nitrogens is 2. The van der Waals surface area contributed by atoms with Crippen LogP contribution in [0.5, 0.6) is 11.5 Å². The molecule has 6 nitrogen and oxygen atoms in total. The number of ether oxygens (including phenoxy) is 2. The van der Waals surface area contributed by atoms with Crippen molar-refractivity contribution in [1.29, 1.82) is 0 Å². The van der Waals surface area contributed by atoms with Gasteiger partial charge < -0.3 is 19.4 Å². The summed E-state index contributed by atoms with van der Waals surface area (Å²) in [5, 5.41) is 1.15.